The van der Waals surface area contributed by atoms with E-state index in [0.717, 1.165) is 5.56 Å². The Kier molecular flexibility index (Phi) is 6.11. The summed E-state index contributed by atoms with van der Waals surface area (Å²) in [6.07, 6.45) is 0.969. The van der Waals surface area contributed by atoms with Gasteiger partial charge in [-0.15, -0.1) is 0 Å². The van der Waals surface area contributed by atoms with Gasteiger partial charge in [0.2, 0.25) is 10.0 Å². The molecule has 0 aromatic heterocycles. The molecule has 0 unspecified atom stereocenters. The van der Waals surface area contributed by atoms with E-state index in [9.17, 15) is 13.2 Å². The van der Waals surface area contributed by atoms with Crippen molar-refractivity contribution in [1.82, 2.24) is 4.31 Å². The first kappa shape index (κ1) is 19.7. The third-order valence-electron chi connectivity index (χ3n) is 4.76. The number of hydrogen-bond donors (Lipinski definition) is 0. The van der Waals surface area contributed by atoms with Gasteiger partial charge in [-0.05, 0) is 48.9 Å². The number of carbonyl (C=O) groups is 1. The lowest BCUT2D eigenvalue weighted by Gasteiger charge is -2.30. The van der Waals surface area contributed by atoms with Crippen LogP contribution in [0.15, 0.2) is 17.0 Å². The fraction of sp³-hybridized carbons (Fsp3) is 0.611. The molecule has 0 bridgehead atoms. The van der Waals surface area contributed by atoms with Gasteiger partial charge in [0.05, 0.1) is 25.0 Å². The van der Waals surface area contributed by atoms with Gasteiger partial charge in [-0.25, -0.2) is 8.42 Å². The van der Waals surface area contributed by atoms with E-state index in [4.69, 9.17) is 9.47 Å². The Balaban J connectivity index is 2.31. The maximum atomic E-state index is 13.1. The average molecular weight is 369 g/mol. The summed E-state index contributed by atoms with van der Waals surface area (Å²) in [7, 11) is -0.653. The number of esters is 1. The summed E-state index contributed by atoms with van der Waals surface area (Å²) >= 11 is 0. The van der Waals surface area contributed by atoms with Gasteiger partial charge in [-0.1, -0.05) is 13.8 Å². The molecular formula is C18H27NO5S. The maximum absolute atomic E-state index is 13.1. The van der Waals surface area contributed by atoms with E-state index in [1.54, 1.807) is 26.2 Å². The summed E-state index contributed by atoms with van der Waals surface area (Å²) in [4.78, 5) is 11.9. The van der Waals surface area contributed by atoms with Gasteiger partial charge < -0.3 is 9.47 Å². The van der Waals surface area contributed by atoms with E-state index in [1.165, 1.54) is 11.4 Å². The third kappa shape index (κ3) is 3.98. The molecule has 25 heavy (non-hydrogen) atoms. The Hall–Kier alpha value is -1.60. The van der Waals surface area contributed by atoms with Crippen LogP contribution in [0.1, 0.15) is 43.7 Å². The summed E-state index contributed by atoms with van der Waals surface area (Å²) in [6, 6.07) is 3.50. The molecule has 140 valence electrons. The second kappa shape index (κ2) is 7.74. The molecule has 6 nitrogen and oxygen atoms in total. The van der Waals surface area contributed by atoms with Gasteiger partial charge in [0.15, 0.2) is 0 Å². The predicted octanol–water partition coefficient (Wildman–Crippen LogP) is 2.70. The molecule has 0 saturated carbocycles. The van der Waals surface area contributed by atoms with Gasteiger partial charge in [0.25, 0.3) is 0 Å². The minimum absolute atomic E-state index is 0.148. The fourth-order valence-electron chi connectivity index (χ4n) is 3.22. The van der Waals surface area contributed by atoms with Crippen molar-refractivity contribution in [3.05, 3.63) is 23.3 Å². The first-order valence-corrected chi connectivity index (χ1v) is 9.92. The molecule has 0 amide bonds. The molecule has 0 radical (unpaired) electrons. The predicted molar refractivity (Wildman–Crippen MR) is 95.3 cm³/mol. The third-order valence-corrected chi connectivity index (χ3v) is 6.80. The monoisotopic (exact) mass is 369 g/mol. The molecule has 0 atom stereocenters. The number of rotatable bonds is 5. The Morgan fingerprint density at radius 1 is 1.20 bits per heavy atom. The Bertz CT molecular complexity index is 734. The summed E-state index contributed by atoms with van der Waals surface area (Å²) in [5.41, 5.74) is 1.53. The molecule has 0 N–H and O–H groups in total. The van der Waals surface area contributed by atoms with Crippen LogP contribution in [0.3, 0.4) is 0 Å². The van der Waals surface area contributed by atoms with Crippen LogP contribution >= 0.6 is 0 Å². The first-order valence-electron chi connectivity index (χ1n) is 8.48. The molecule has 1 aliphatic rings. The fourth-order valence-corrected chi connectivity index (χ4v) is 4.93. The quantitative estimate of drug-likeness (QED) is 0.746. The van der Waals surface area contributed by atoms with Crippen molar-refractivity contribution in [1.29, 1.82) is 0 Å². The lowest BCUT2D eigenvalue weighted by molar-refractivity contribution is -0.146. The number of hydrogen-bond acceptors (Lipinski definition) is 5. The number of piperidine rings is 1. The normalized spacial score (nSPS) is 16.9. The number of sulfonamides is 1. The zero-order valence-electron chi connectivity index (χ0n) is 15.5. The maximum Gasteiger partial charge on any atom is 0.308 e. The molecule has 1 fully saturated rings. The highest BCUT2D eigenvalue weighted by atomic mass is 32.2. The second-order valence-electron chi connectivity index (χ2n) is 6.72. The molecule has 1 saturated heterocycles. The lowest BCUT2D eigenvalue weighted by atomic mass is 9.99. The van der Waals surface area contributed by atoms with Crippen LogP contribution < -0.4 is 4.74 Å². The lowest BCUT2D eigenvalue weighted by Crippen LogP contribution is -2.40. The standard InChI is InChI=1S/C18H27NO5S/c1-12(2)15-11-17(13(3)10-16(15)23-4)25(21,22)19-8-6-14(7-9-19)18(20)24-5/h10-12,14H,6-9H2,1-5H3. The van der Waals surface area contributed by atoms with Crippen LogP contribution in [0.4, 0.5) is 0 Å². The van der Waals surface area contributed by atoms with Crippen molar-refractivity contribution in [3.8, 4) is 5.75 Å². The van der Waals surface area contributed by atoms with Gasteiger partial charge in [-0.3, -0.25) is 4.79 Å². The number of benzene rings is 1. The first-order chi connectivity index (χ1) is 11.7. The molecule has 1 heterocycles. The summed E-state index contributed by atoms with van der Waals surface area (Å²) in [5.74, 6) is 0.366. The van der Waals surface area contributed by atoms with Crippen molar-refractivity contribution in [2.45, 2.75) is 44.4 Å². The number of methoxy groups -OCH3 is 2. The van der Waals surface area contributed by atoms with Gasteiger partial charge in [0.1, 0.15) is 5.75 Å². The second-order valence-corrected chi connectivity index (χ2v) is 8.62. The van der Waals surface area contributed by atoms with E-state index in [0.29, 0.717) is 42.1 Å². The van der Waals surface area contributed by atoms with Crippen molar-refractivity contribution in [2.24, 2.45) is 5.92 Å². The Labute approximate surface area is 150 Å². The molecular weight excluding hydrogens is 342 g/mol. The highest BCUT2D eigenvalue weighted by molar-refractivity contribution is 7.89. The minimum atomic E-state index is -3.60. The number of carbonyl (C=O) groups excluding carboxylic acids is 1. The SMILES string of the molecule is COC(=O)C1CCN(S(=O)(=O)c2cc(C(C)C)c(OC)cc2C)CC1. The van der Waals surface area contributed by atoms with Gasteiger partial charge >= 0.3 is 5.97 Å². The molecule has 1 aliphatic heterocycles. The van der Waals surface area contributed by atoms with Crippen LogP contribution in [0.5, 0.6) is 5.75 Å². The molecule has 1 aromatic rings. The summed E-state index contributed by atoms with van der Waals surface area (Å²) in [5, 5.41) is 0. The minimum Gasteiger partial charge on any atom is -0.496 e. The van der Waals surface area contributed by atoms with Crippen molar-refractivity contribution in [3.63, 3.8) is 0 Å². The average Bonchev–Trinajstić information content (AvgIpc) is 2.60. The van der Waals surface area contributed by atoms with Crippen molar-refractivity contribution >= 4 is 16.0 Å². The highest BCUT2D eigenvalue weighted by Crippen LogP contribution is 2.34. The highest BCUT2D eigenvalue weighted by Gasteiger charge is 2.33. The molecule has 2 rings (SSSR count). The summed E-state index contributed by atoms with van der Waals surface area (Å²) in [6.45, 7) is 6.44. The van der Waals surface area contributed by atoms with Crippen LogP contribution in [-0.2, 0) is 19.6 Å². The van der Waals surface area contributed by atoms with Crippen LogP contribution in [-0.4, -0.2) is 46.0 Å². The van der Waals surface area contributed by atoms with E-state index >= 15 is 0 Å². The molecule has 1 aromatic carbocycles. The van der Waals surface area contributed by atoms with Crippen LogP contribution in [0.2, 0.25) is 0 Å². The molecule has 7 heteroatoms. The van der Waals surface area contributed by atoms with E-state index in [2.05, 4.69) is 0 Å². The topological polar surface area (TPSA) is 72.9 Å². The zero-order chi connectivity index (χ0) is 18.8. The number of aryl methyl sites for hydroxylation is 1. The zero-order valence-corrected chi connectivity index (χ0v) is 16.4. The number of ether oxygens (including phenoxy) is 2. The van der Waals surface area contributed by atoms with Crippen molar-refractivity contribution < 1.29 is 22.7 Å². The summed E-state index contributed by atoms with van der Waals surface area (Å²) < 4.78 is 37.8. The van der Waals surface area contributed by atoms with E-state index < -0.39 is 10.0 Å². The van der Waals surface area contributed by atoms with Gasteiger partial charge in [0, 0.05) is 13.1 Å². The molecule has 0 aliphatic carbocycles. The molecule has 0 spiro atoms. The van der Waals surface area contributed by atoms with E-state index in [-0.39, 0.29) is 17.8 Å². The van der Waals surface area contributed by atoms with Crippen molar-refractivity contribution in [2.75, 3.05) is 27.3 Å². The van der Waals surface area contributed by atoms with Crippen LogP contribution in [0, 0.1) is 12.8 Å². The Morgan fingerprint density at radius 2 is 1.80 bits per heavy atom. The van der Waals surface area contributed by atoms with Crippen LogP contribution in [0.25, 0.3) is 0 Å². The Morgan fingerprint density at radius 3 is 2.28 bits per heavy atom. The van der Waals surface area contributed by atoms with E-state index in [1.807, 2.05) is 13.8 Å². The van der Waals surface area contributed by atoms with Gasteiger partial charge in [-0.2, -0.15) is 4.31 Å². The number of nitrogens with zero attached hydrogens (tertiary/aromatic N) is 1. The largest absolute Gasteiger partial charge is 0.496 e. The smallest absolute Gasteiger partial charge is 0.308 e.